The first-order valence-electron chi connectivity index (χ1n) is 12.3. The van der Waals surface area contributed by atoms with Crippen molar-refractivity contribution >= 4 is 34.5 Å². The minimum atomic E-state index is -1.00. The van der Waals surface area contributed by atoms with Gasteiger partial charge in [0.25, 0.3) is 5.91 Å². The Morgan fingerprint density at radius 3 is 2.56 bits per heavy atom. The van der Waals surface area contributed by atoms with Crippen molar-refractivity contribution in [3.63, 3.8) is 0 Å². The molecule has 2 aromatic heterocycles. The van der Waals surface area contributed by atoms with E-state index in [4.69, 9.17) is 16.0 Å². The number of nitrogens with zero attached hydrogens (tertiary/aromatic N) is 2. The van der Waals surface area contributed by atoms with Crippen molar-refractivity contribution in [3.8, 4) is 0 Å². The number of hydrogen-bond acceptors (Lipinski definition) is 3. The summed E-state index contributed by atoms with van der Waals surface area (Å²) in [5, 5.41) is 4.00. The highest BCUT2D eigenvalue weighted by Crippen LogP contribution is 2.34. The molecule has 1 unspecified atom stereocenters. The van der Waals surface area contributed by atoms with Crippen molar-refractivity contribution in [1.82, 2.24) is 14.8 Å². The van der Waals surface area contributed by atoms with Gasteiger partial charge in [-0.15, -0.1) is 0 Å². The molecule has 6 nitrogen and oxygen atoms in total. The van der Waals surface area contributed by atoms with Crippen LogP contribution in [0.4, 0.5) is 0 Å². The molecule has 0 spiro atoms. The van der Waals surface area contributed by atoms with Crippen LogP contribution < -0.4 is 5.32 Å². The maximum Gasteiger partial charge on any atom is 0.271 e. The van der Waals surface area contributed by atoms with Gasteiger partial charge in [0.05, 0.1) is 12.1 Å². The molecule has 180 valence electrons. The van der Waals surface area contributed by atoms with Crippen molar-refractivity contribution < 1.29 is 14.0 Å². The normalized spacial score (nSPS) is 21.5. The Bertz CT molecular complexity index is 1200. The van der Waals surface area contributed by atoms with Gasteiger partial charge in [0.2, 0.25) is 5.91 Å². The molecule has 0 saturated heterocycles. The first kappa shape index (κ1) is 23.0. The fourth-order valence-electron chi connectivity index (χ4n) is 5.47. The van der Waals surface area contributed by atoms with Crippen LogP contribution in [0.15, 0.2) is 40.8 Å². The molecule has 2 amide bonds. The summed E-state index contributed by atoms with van der Waals surface area (Å²) < 4.78 is 7.76. The van der Waals surface area contributed by atoms with E-state index in [0.29, 0.717) is 35.8 Å². The lowest BCUT2D eigenvalue weighted by Crippen LogP contribution is -2.65. The molecule has 1 aromatic carbocycles. The average molecular weight is 482 g/mol. The van der Waals surface area contributed by atoms with Crippen LogP contribution in [0.3, 0.4) is 0 Å². The van der Waals surface area contributed by atoms with E-state index < -0.39 is 5.54 Å². The minimum Gasteiger partial charge on any atom is -0.460 e. The molecule has 34 heavy (non-hydrogen) atoms. The molecule has 0 bridgehead atoms. The summed E-state index contributed by atoms with van der Waals surface area (Å²) in [5.74, 6) is 0.585. The predicted octanol–water partition coefficient (Wildman–Crippen LogP) is 5.49. The smallest absolute Gasteiger partial charge is 0.271 e. The van der Waals surface area contributed by atoms with E-state index in [1.165, 1.54) is 12.8 Å². The number of amides is 2. The zero-order chi connectivity index (χ0) is 23.9. The summed E-state index contributed by atoms with van der Waals surface area (Å²) in [6.45, 7) is 4.64. The molecule has 1 N–H and O–H groups in total. The topological polar surface area (TPSA) is 67.5 Å². The van der Waals surface area contributed by atoms with Gasteiger partial charge in [-0.25, -0.2) is 0 Å². The molecule has 1 atom stereocenters. The largest absolute Gasteiger partial charge is 0.460 e. The van der Waals surface area contributed by atoms with Crippen LogP contribution >= 0.6 is 11.6 Å². The molecule has 7 heteroatoms. The number of furan rings is 1. The summed E-state index contributed by atoms with van der Waals surface area (Å²) in [5.41, 5.74) is 2.21. The van der Waals surface area contributed by atoms with Gasteiger partial charge >= 0.3 is 0 Å². The Morgan fingerprint density at radius 2 is 1.85 bits per heavy atom. The molecule has 3 heterocycles. The van der Waals surface area contributed by atoms with Crippen LogP contribution in [-0.4, -0.2) is 39.4 Å². The van der Waals surface area contributed by atoms with Gasteiger partial charge in [-0.2, -0.15) is 0 Å². The predicted molar refractivity (Wildman–Crippen MR) is 133 cm³/mol. The zero-order valence-electron chi connectivity index (χ0n) is 19.9. The first-order valence-corrected chi connectivity index (χ1v) is 12.7. The van der Waals surface area contributed by atoms with Crippen LogP contribution in [0, 0.1) is 6.92 Å². The summed E-state index contributed by atoms with van der Waals surface area (Å²) in [7, 11) is 0. The Hall–Kier alpha value is -2.73. The van der Waals surface area contributed by atoms with E-state index in [-0.39, 0.29) is 17.9 Å². The van der Waals surface area contributed by atoms with Crippen molar-refractivity contribution in [3.05, 3.63) is 58.4 Å². The molecule has 1 fully saturated rings. The van der Waals surface area contributed by atoms with E-state index in [2.05, 4.69) is 5.32 Å². The second-order valence-electron chi connectivity index (χ2n) is 9.99. The molecule has 2 aliphatic rings. The molecule has 1 aliphatic carbocycles. The van der Waals surface area contributed by atoms with E-state index in [1.807, 2.05) is 54.8 Å². The summed E-state index contributed by atoms with van der Waals surface area (Å²) in [6, 6.07) is 11.6. The monoisotopic (exact) mass is 481 g/mol. The quantitative estimate of drug-likeness (QED) is 0.490. The fourth-order valence-corrected chi connectivity index (χ4v) is 5.59. The number of aryl methyl sites for hydroxylation is 1. The van der Waals surface area contributed by atoms with E-state index in [9.17, 15) is 9.59 Å². The third kappa shape index (κ3) is 4.24. The lowest BCUT2D eigenvalue weighted by atomic mass is 9.93. The number of benzene rings is 1. The van der Waals surface area contributed by atoms with Crippen LogP contribution in [0.25, 0.3) is 11.1 Å². The number of carbonyl (C=O) groups excluding carboxylic acids is 2. The van der Waals surface area contributed by atoms with Gasteiger partial charge in [-0.05, 0) is 50.8 Å². The molecule has 3 aromatic rings. The Labute approximate surface area is 205 Å². The summed E-state index contributed by atoms with van der Waals surface area (Å²) >= 11 is 6.04. The molecule has 0 radical (unpaired) electrons. The Kier molecular flexibility index (Phi) is 6.19. The molecular formula is C27H32ClN3O3. The van der Waals surface area contributed by atoms with Gasteiger partial charge in [0, 0.05) is 29.7 Å². The number of rotatable bonds is 5. The van der Waals surface area contributed by atoms with Gasteiger partial charge in [0.15, 0.2) is 5.58 Å². The Balaban J connectivity index is 1.47. The zero-order valence-corrected chi connectivity index (χ0v) is 20.7. The van der Waals surface area contributed by atoms with Gasteiger partial charge in [-0.1, -0.05) is 49.4 Å². The Morgan fingerprint density at radius 1 is 1.15 bits per heavy atom. The standard InChI is InChI=1S/C27H32ClN3O3/c1-18-15-22-24(34-18)16-23-25(32)31(14-13-19-9-11-20(28)12-10-19)27(2,17-30(22)23)26(33)29-21-7-5-3-4-6-8-21/h9-12,15-16,21H,3-8,13-14,17H2,1-2H3,(H,29,33). The molecule has 5 rings (SSSR count). The first-order chi connectivity index (χ1) is 16.3. The molecule has 1 saturated carbocycles. The van der Waals surface area contributed by atoms with Crippen molar-refractivity contribution in [1.29, 1.82) is 0 Å². The van der Waals surface area contributed by atoms with Crippen LogP contribution in [0.1, 0.15) is 67.3 Å². The number of halogens is 1. The van der Waals surface area contributed by atoms with Crippen LogP contribution in [0.5, 0.6) is 0 Å². The van der Waals surface area contributed by atoms with Gasteiger partial charge < -0.3 is 19.2 Å². The highest BCUT2D eigenvalue weighted by molar-refractivity contribution is 6.30. The fraction of sp³-hybridized carbons (Fsp3) is 0.481. The van der Waals surface area contributed by atoms with E-state index in [0.717, 1.165) is 42.5 Å². The SMILES string of the molecule is Cc1cc2c(cc3n2CC(C)(C(=O)NC2CCCCCC2)N(CCc2ccc(Cl)cc2)C3=O)o1. The number of hydrogen-bond donors (Lipinski definition) is 1. The second kappa shape index (κ2) is 9.14. The van der Waals surface area contributed by atoms with Gasteiger partial charge in [0.1, 0.15) is 17.0 Å². The van der Waals surface area contributed by atoms with Crippen molar-refractivity contribution in [2.75, 3.05) is 6.54 Å². The van der Waals surface area contributed by atoms with Crippen molar-refractivity contribution in [2.45, 2.75) is 76.9 Å². The maximum atomic E-state index is 13.8. The van der Waals surface area contributed by atoms with Crippen molar-refractivity contribution in [2.24, 2.45) is 0 Å². The highest BCUT2D eigenvalue weighted by atomic mass is 35.5. The van der Waals surface area contributed by atoms with E-state index >= 15 is 0 Å². The minimum absolute atomic E-state index is 0.0726. The summed E-state index contributed by atoms with van der Waals surface area (Å²) in [6.07, 6.45) is 7.36. The van der Waals surface area contributed by atoms with Gasteiger partial charge in [-0.3, -0.25) is 9.59 Å². The third-order valence-electron chi connectivity index (χ3n) is 7.46. The number of carbonyl (C=O) groups is 2. The van der Waals surface area contributed by atoms with Crippen LogP contribution in [-0.2, 0) is 17.8 Å². The maximum absolute atomic E-state index is 13.8. The average Bonchev–Trinajstić information content (AvgIpc) is 3.20. The van der Waals surface area contributed by atoms with E-state index in [1.54, 1.807) is 4.90 Å². The lowest BCUT2D eigenvalue weighted by molar-refractivity contribution is -0.133. The summed E-state index contributed by atoms with van der Waals surface area (Å²) in [4.78, 5) is 29.4. The number of fused-ring (bicyclic) bond motifs is 3. The molecule has 1 aliphatic heterocycles. The lowest BCUT2D eigenvalue weighted by Gasteiger charge is -2.44. The molecular weight excluding hydrogens is 450 g/mol. The highest BCUT2D eigenvalue weighted by Gasteiger charge is 2.48. The second-order valence-corrected chi connectivity index (χ2v) is 10.4. The van der Waals surface area contributed by atoms with Crippen LogP contribution in [0.2, 0.25) is 5.02 Å². The number of nitrogens with one attached hydrogen (secondary N) is 1. The third-order valence-corrected chi connectivity index (χ3v) is 7.71. The number of aromatic nitrogens is 1.